The van der Waals surface area contributed by atoms with Gasteiger partial charge in [-0.2, -0.15) is 0 Å². The third kappa shape index (κ3) is 7.19. The molecule has 0 heterocycles. The van der Waals surface area contributed by atoms with Crippen molar-refractivity contribution in [3.8, 4) is 0 Å². The molecule has 0 aliphatic heterocycles. The molecule has 0 saturated heterocycles. The van der Waals surface area contributed by atoms with Crippen LogP contribution in [0.3, 0.4) is 0 Å². The smallest absolute Gasteiger partial charge is 0.317 e. The molecule has 0 aromatic rings. The molecule has 0 bridgehead atoms. The molecule has 0 atom stereocenters. The molecule has 0 aromatic heterocycles. The fraction of sp³-hybridized carbons (Fsp3) is 0.667. The van der Waals surface area contributed by atoms with E-state index in [0.717, 1.165) is 4.90 Å². The second-order valence-electron chi connectivity index (χ2n) is 2.44. The number of rotatable bonds is 6. The minimum absolute atomic E-state index is 0.404. The molecule has 0 spiro atoms. The summed E-state index contributed by atoms with van der Waals surface area (Å²) in [5.74, 6) is -2.44. The van der Waals surface area contributed by atoms with Gasteiger partial charge in [-0.25, -0.2) is 0 Å². The van der Waals surface area contributed by atoms with E-state index in [0.29, 0.717) is 0 Å². The van der Waals surface area contributed by atoms with Crippen molar-refractivity contribution >= 4 is 11.9 Å². The van der Waals surface area contributed by atoms with Gasteiger partial charge in [-0.05, 0) is 0 Å². The van der Waals surface area contributed by atoms with Gasteiger partial charge < -0.3 is 20.4 Å². The molecule has 0 aliphatic rings. The van der Waals surface area contributed by atoms with Crippen LogP contribution in [-0.4, -0.2) is 63.2 Å². The molecular formula is C6H11NO6. The third-order valence-electron chi connectivity index (χ3n) is 1.14. The first kappa shape index (κ1) is 11.8. The van der Waals surface area contributed by atoms with Crippen LogP contribution in [0.15, 0.2) is 0 Å². The van der Waals surface area contributed by atoms with Gasteiger partial charge >= 0.3 is 11.9 Å². The van der Waals surface area contributed by atoms with Crippen molar-refractivity contribution < 1.29 is 30.0 Å². The maximum absolute atomic E-state index is 10.2. The first-order valence-electron chi connectivity index (χ1n) is 3.44. The lowest BCUT2D eigenvalue weighted by Gasteiger charge is -2.18. The fourth-order valence-electron chi connectivity index (χ4n) is 0.799. The molecule has 4 N–H and O–H groups in total. The molecule has 0 aliphatic carbocycles. The normalized spacial score (nSPS) is 10.8. The third-order valence-corrected chi connectivity index (χ3v) is 1.14. The molecule has 0 radical (unpaired) electrons. The van der Waals surface area contributed by atoms with E-state index in [4.69, 9.17) is 20.4 Å². The standard InChI is InChI=1S/C6H11NO6/c8-4(9)1-7(2-5(10)11)3-6(12)13/h4,8-9H,1-3H2,(H,10,11)(H,12,13). The van der Waals surface area contributed by atoms with E-state index in [1.54, 1.807) is 0 Å². The number of carbonyl (C=O) groups is 2. The molecule has 7 nitrogen and oxygen atoms in total. The van der Waals surface area contributed by atoms with Gasteiger partial charge in [-0.3, -0.25) is 14.5 Å². The Kier molecular flexibility index (Phi) is 4.97. The molecule has 0 fully saturated rings. The quantitative estimate of drug-likeness (QED) is 0.352. The Morgan fingerprint density at radius 1 is 1.08 bits per heavy atom. The summed E-state index contributed by atoms with van der Waals surface area (Å²) in [5, 5.41) is 33.6. The Hall–Kier alpha value is -1.18. The number of aliphatic hydroxyl groups excluding tert-OH is 1. The summed E-state index contributed by atoms with van der Waals surface area (Å²) >= 11 is 0. The SMILES string of the molecule is O=C(O)CN(CC(=O)O)CC(O)O. The summed E-state index contributed by atoms with van der Waals surface area (Å²) < 4.78 is 0. The second kappa shape index (κ2) is 5.46. The van der Waals surface area contributed by atoms with E-state index in [9.17, 15) is 9.59 Å². The fourth-order valence-corrected chi connectivity index (χ4v) is 0.799. The molecular weight excluding hydrogens is 182 g/mol. The number of nitrogens with zero attached hydrogens (tertiary/aromatic N) is 1. The van der Waals surface area contributed by atoms with Gasteiger partial charge in [0.05, 0.1) is 19.6 Å². The maximum Gasteiger partial charge on any atom is 0.317 e. The van der Waals surface area contributed by atoms with Crippen LogP contribution in [0.1, 0.15) is 0 Å². The Balaban J connectivity index is 4.02. The molecule has 0 amide bonds. The lowest BCUT2D eigenvalue weighted by atomic mass is 10.4. The van der Waals surface area contributed by atoms with E-state index < -0.39 is 37.9 Å². The van der Waals surface area contributed by atoms with Gasteiger partial charge in [-0.1, -0.05) is 0 Å². The molecule has 7 heteroatoms. The summed E-state index contributed by atoms with van der Waals surface area (Å²) in [4.78, 5) is 21.2. The van der Waals surface area contributed by atoms with E-state index in [2.05, 4.69) is 0 Å². The molecule has 0 unspecified atom stereocenters. The maximum atomic E-state index is 10.2. The highest BCUT2D eigenvalue weighted by molar-refractivity contribution is 5.72. The molecule has 0 saturated carbocycles. The van der Waals surface area contributed by atoms with Crippen molar-refractivity contribution in [3.63, 3.8) is 0 Å². The first-order chi connectivity index (χ1) is 5.91. The van der Waals surface area contributed by atoms with Gasteiger partial charge in [0.15, 0.2) is 6.29 Å². The van der Waals surface area contributed by atoms with Gasteiger partial charge in [0, 0.05) is 0 Å². The van der Waals surface area contributed by atoms with Crippen molar-refractivity contribution in [2.45, 2.75) is 6.29 Å². The van der Waals surface area contributed by atoms with Crippen LogP contribution in [0.4, 0.5) is 0 Å². The minimum Gasteiger partial charge on any atom is -0.480 e. The van der Waals surface area contributed by atoms with E-state index in [1.165, 1.54) is 0 Å². The van der Waals surface area contributed by atoms with Gasteiger partial charge in [0.2, 0.25) is 0 Å². The Bertz CT molecular complexity index is 176. The first-order valence-corrected chi connectivity index (χ1v) is 3.44. The molecule has 76 valence electrons. The monoisotopic (exact) mass is 193 g/mol. The van der Waals surface area contributed by atoms with E-state index >= 15 is 0 Å². The summed E-state index contributed by atoms with van der Waals surface area (Å²) in [6.45, 7) is -1.48. The lowest BCUT2D eigenvalue weighted by molar-refractivity contribution is -0.144. The van der Waals surface area contributed by atoms with Crippen LogP contribution in [0.2, 0.25) is 0 Å². The Labute approximate surface area is 73.8 Å². The van der Waals surface area contributed by atoms with Crippen LogP contribution in [0, 0.1) is 0 Å². The average Bonchev–Trinajstić information content (AvgIpc) is 1.80. The summed E-state index contributed by atoms with van der Waals surface area (Å²) in [7, 11) is 0. The van der Waals surface area contributed by atoms with Crippen molar-refractivity contribution in [2.75, 3.05) is 19.6 Å². The van der Waals surface area contributed by atoms with Crippen LogP contribution in [-0.2, 0) is 9.59 Å². The summed E-state index contributed by atoms with van der Waals surface area (Å²) in [6.07, 6.45) is -1.74. The van der Waals surface area contributed by atoms with Crippen LogP contribution >= 0.6 is 0 Å². The average molecular weight is 193 g/mol. The molecule has 0 rings (SSSR count). The van der Waals surface area contributed by atoms with Gasteiger partial charge in [0.25, 0.3) is 0 Å². The number of hydrogen-bond acceptors (Lipinski definition) is 5. The lowest BCUT2D eigenvalue weighted by Crippen LogP contribution is -2.39. The van der Waals surface area contributed by atoms with E-state index in [-0.39, 0.29) is 0 Å². The largest absolute Gasteiger partial charge is 0.480 e. The minimum atomic E-state index is -1.74. The van der Waals surface area contributed by atoms with Crippen molar-refractivity contribution in [3.05, 3.63) is 0 Å². The summed E-state index contributed by atoms with van der Waals surface area (Å²) in [6, 6.07) is 0. The summed E-state index contributed by atoms with van der Waals surface area (Å²) in [5.41, 5.74) is 0. The van der Waals surface area contributed by atoms with Gasteiger partial charge in [0.1, 0.15) is 0 Å². The number of aliphatic carboxylic acids is 2. The predicted octanol–water partition coefficient (Wildman–Crippen LogP) is -2.23. The van der Waals surface area contributed by atoms with Crippen molar-refractivity contribution in [1.29, 1.82) is 0 Å². The van der Waals surface area contributed by atoms with Crippen LogP contribution in [0.25, 0.3) is 0 Å². The van der Waals surface area contributed by atoms with Crippen molar-refractivity contribution in [2.24, 2.45) is 0 Å². The highest BCUT2D eigenvalue weighted by Crippen LogP contribution is 1.90. The topological polar surface area (TPSA) is 118 Å². The highest BCUT2D eigenvalue weighted by atomic mass is 16.5. The van der Waals surface area contributed by atoms with Crippen molar-refractivity contribution in [1.82, 2.24) is 4.90 Å². The van der Waals surface area contributed by atoms with Crippen LogP contribution < -0.4 is 0 Å². The van der Waals surface area contributed by atoms with Gasteiger partial charge in [-0.15, -0.1) is 0 Å². The second-order valence-corrected chi connectivity index (χ2v) is 2.44. The van der Waals surface area contributed by atoms with E-state index in [1.807, 2.05) is 0 Å². The molecule has 13 heavy (non-hydrogen) atoms. The molecule has 0 aromatic carbocycles. The number of carboxylic acid groups (broad SMARTS) is 2. The zero-order valence-electron chi connectivity index (χ0n) is 6.75. The zero-order valence-corrected chi connectivity index (χ0v) is 6.75. The number of aliphatic hydroxyl groups is 2. The van der Waals surface area contributed by atoms with Crippen LogP contribution in [0.5, 0.6) is 0 Å². The Morgan fingerprint density at radius 2 is 1.46 bits per heavy atom. The highest BCUT2D eigenvalue weighted by Gasteiger charge is 2.15. The number of hydrogen-bond donors (Lipinski definition) is 4. The number of carboxylic acids is 2. The predicted molar refractivity (Wildman–Crippen MR) is 39.9 cm³/mol. The Morgan fingerprint density at radius 3 is 1.69 bits per heavy atom. The zero-order chi connectivity index (χ0) is 10.4.